The van der Waals surface area contributed by atoms with Crippen molar-refractivity contribution in [3.8, 4) is 11.1 Å². The van der Waals surface area contributed by atoms with Crippen molar-refractivity contribution in [1.82, 2.24) is 14.5 Å². The molecule has 1 amide bonds. The number of piperidine rings is 1. The third kappa shape index (κ3) is 6.50. The van der Waals surface area contributed by atoms with Gasteiger partial charge in [-0.25, -0.2) is 4.39 Å². The molecule has 2 aromatic carbocycles. The summed E-state index contributed by atoms with van der Waals surface area (Å²) in [7, 11) is 0. The summed E-state index contributed by atoms with van der Waals surface area (Å²) in [6, 6.07) is 12.8. The van der Waals surface area contributed by atoms with E-state index in [1.807, 2.05) is 46.0 Å². The molecule has 212 valence electrons. The highest BCUT2D eigenvalue weighted by molar-refractivity contribution is 6.30. The number of aromatic nitrogens is 2. The lowest BCUT2D eigenvalue weighted by atomic mass is 9.88. The Kier molecular flexibility index (Phi) is 11.1. The predicted octanol–water partition coefficient (Wildman–Crippen LogP) is 6.80. The fourth-order valence-electron chi connectivity index (χ4n) is 5.44. The van der Waals surface area contributed by atoms with Crippen LogP contribution in [0.3, 0.4) is 0 Å². The zero-order valence-electron chi connectivity index (χ0n) is 21.9. The number of likely N-dealkylation sites (tertiary alicyclic amines) is 1. The molecule has 0 bridgehead atoms. The highest BCUT2D eigenvalue weighted by Gasteiger charge is 2.29. The second kappa shape index (κ2) is 14.1. The Balaban J connectivity index is 0.00000220. The first kappa shape index (κ1) is 31.6. The van der Waals surface area contributed by atoms with Gasteiger partial charge in [0.05, 0.1) is 10.6 Å². The molecule has 5 rings (SSSR count). The van der Waals surface area contributed by atoms with Gasteiger partial charge in [-0.05, 0) is 60.1 Å². The van der Waals surface area contributed by atoms with Crippen LogP contribution in [0.4, 0.5) is 4.39 Å². The van der Waals surface area contributed by atoms with Gasteiger partial charge in [-0.15, -0.1) is 24.8 Å². The Morgan fingerprint density at radius 3 is 2.60 bits per heavy atom. The summed E-state index contributed by atoms with van der Waals surface area (Å²) in [6.07, 6.45) is 8.64. The van der Waals surface area contributed by atoms with E-state index in [1.54, 1.807) is 18.5 Å². The second-order valence-corrected chi connectivity index (χ2v) is 10.2. The summed E-state index contributed by atoms with van der Waals surface area (Å²) in [4.78, 5) is 31.0. The first-order valence-corrected chi connectivity index (χ1v) is 13.3. The molecule has 0 atom stereocenters. The number of carbonyl (C=O) groups excluding carboxylic acids is 2. The van der Waals surface area contributed by atoms with Crippen molar-refractivity contribution in [1.29, 1.82) is 0 Å². The molecule has 1 fully saturated rings. The number of pyridine rings is 1. The SMILES string of the molecule is Cl.Cl.NCc1ccc(F)c(C2CCN(C(=O)c3cn(CCCC=O)c4cccc(-c5cncc(Cl)c5)c34)CC2)c1. The topological polar surface area (TPSA) is 81.2 Å². The summed E-state index contributed by atoms with van der Waals surface area (Å²) < 4.78 is 16.6. The average Bonchev–Trinajstić information content (AvgIpc) is 3.32. The number of amides is 1. The van der Waals surface area contributed by atoms with E-state index in [9.17, 15) is 14.0 Å². The van der Waals surface area contributed by atoms with Crippen molar-refractivity contribution >= 4 is 59.5 Å². The van der Waals surface area contributed by atoms with Crippen LogP contribution in [0.1, 0.15) is 53.1 Å². The first-order chi connectivity index (χ1) is 18.5. The minimum absolute atomic E-state index is 0. The summed E-state index contributed by atoms with van der Waals surface area (Å²) >= 11 is 6.24. The maximum Gasteiger partial charge on any atom is 0.256 e. The van der Waals surface area contributed by atoms with E-state index in [0.29, 0.717) is 68.0 Å². The van der Waals surface area contributed by atoms with Crippen molar-refractivity contribution < 1.29 is 14.0 Å². The fourth-order valence-corrected chi connectivity index (χ4v) is 5.62. The Morgan fingerprint density at radius 1 is 1.12 bits per heavy atom. The first-order valence-electron chi connectivity index (χ1n) is 12.9. The van der Waals surface area contributed by atoms with E-state index >= 15 is 0 Å². The Morgan fingerprint density at radius 2 is 1.90 bits per heavy atom. The van der Waals surface area contributed by atoms with E-state index in [1.165, 1.54) is 6.07 Å². The van der Waals surface area contributed by atoms with Crippen molar-refractivity contribution in [2.24, 2.45) is 5.73 Å². The van der Waals surface area contributed by atoms with Crippen LogP contribution in [0.2, 0.25) is 5.02 Å². The normalized spacial score (nSPS) is 13.5. The summed E-state index contributed by atoms with van der Waals surface area (Å²) in [6.45, 7) is 2.06. The van der Waals surface area contributed by atoms with Crippen molar-refractivity contribution in [2.45, 2.75) is 44.7 Å². The molecule has 0 saturated carbocycles. The number of nitrogens with two attached hydrogens (primary N) is 1. The van der Waals surface area contributed by atoms with Gasteiger partial charge in [0.1, 0.15) is 12.1 Å². The fraction of sp³-hybridized carbons (Fsp3) is 0.300. The van der Waals surface area contributed by atoms with Gasteiger partial charge in [0.25, 0.3) is 5.91 Å². The molecule has 6 nitrogen and oxygen atoms in total. The monoisotopic (exact) mass is 604 g/mol. The van der Waals surface area contributed by atoms with Gasteiger partial charge in [-0.2, -0.15) is 0 Å². The molecule has 0 unspecified atom stereocenters. The number of unbranched alkanes of at least 4 members (excludes halogenated alkanes) is 1. The lowest BCUT2D eigenvalue weighted by Crippen LogP contribution is -2.38. The third-order valence-electron chi connectivity index (χ3n) is 7.39. The number of hydrogen-bond acceptors (Lipinski definition) is 4. The number of benzene rings is 2. The Bertz CT molecular complexity index is 1490. The van der Waals surface area contributed by atoms with Crippen molar-refractivity contribution in [3.63, 3.8) is 0 Å². The summed E-state index contributed by atoms with van der Waals surface area (Å²) in [5.74, 6) is -0.227. The summed E-state index contributed by atoms with van der Waals surface area (Å²) in [5, 5.41) is 1.36. The van der Waals surface area contributed by atoms with Crippen LogP contribution in [0, 0.1) is 5.82 Å². The quantitative estimate of drug-likeness (QED) is 0.177. The van der Waals surface area contributed by atoms with Crippen molar-refractivity contribution in [3.05, 3.63) is 88.6 Å². The molecule has 3 heterocycles. The van der Waals surface area contributed by atoms with Gasteiger partial charge < -0.3 is 20.0 Å². The molecule has 1 saturated heterocycles. The Labute approximate surface area is 250 Å². The molecule has 1 aliphatic rings. The summed E-state index contributed by atoms with van der Waals surface area (Å²) in [5.41, 5.74) is 10.6. The molecule has 0 radical (unpaired) electrons. The maximum atomic E-state index is 14.6. The highest BCUT2D eigenvalue weighted by atomic mass is 35.5. The second-order valence-electron chi connectivity index (χ2n) is 9.76. The lowest BCUT2D eigenvalue weighted by molar-refractivity contribution is -0.107. The number of nitrogens with zero attached hydrogens (tertiary/aromatic N) is 3. The van der Waals surface area contributed by atoms with E-state index in [4.69, 9.17) is 17.3 Å². The molecule has 2 aromatic heterocycles. The zero-order valence-corrected chi connectivity index (χ0v) is 24.3. The average molecular weight is 606 g/mol. The number of halogens is 4. The molecule has 0 aliphatic carbocycles. The largest absolute Gasteiger partial charge is 0.347 e. The molecule has 40 heavy (non-hydrogen) atoms. The van der Waals surface area contributed by atoms with E-state index in [0.717, 1.165) is 33.9 Å². The molecular formula is C30H32Cl3FN4O2. The number of aldehydes is 1. The number of carbonyl (C=O) groups is 2. The van der Waals surface area contributed by atoms with Gasteiger partial charge in [-0.3, -0.25) is 9.78 Å². The number of hydrogen-bond donors (Lipinski definition) is 1. The molecule has 4 aromatic rings. The number of aryl methyl sites for hydroxylation is 1. The van der Waals surface area contributed by atoms with Crippen LogP contribution in [-0.2, 0) is 17.9 Å². The molecule has 2 N–H and O–H groups in total. The van der Waals surface area contributed by atoms with Crippen LogP contribution in [0.25, 0.3) is 22.0 Å². The van der Waals surface area contributed by atoms with Crippen LogP contribution >= 0.6 is 36.4 Å². The van der Waals surface area contributed by atoms with Crippen molar-refractivity contribution in [2.75, 3.05) is 13.1 Å². The number of rotatable bonds is 8. The zero-order chi connectivity index (χ0) is 26.6. The van der Waals surface area contributed by atoms with Gasteiger partial charge in [0.2, 0.25) is 0 Å². The van der Waals surface area contributed by atoms with Crippen LogP contribution in [0.5, 0.6) is 0 Å². The van der Waals surface area contributed by atoms with Gasteiger partial charge in [0.15, 0.2) is 0 Å². The Hall–Kier alpha value is -2.97. The molecular weight excluding hydrogens is 574 g/mol. The molecule has 10 heteroatoms. The molecule has 0 spiro atoms. The van der Waals surface area contributed by atoms with Gasteiger partial charge >= 0.3 is 0 Å². The highest BCUT2D eigenvalue weighted by Crippen LogP contribution is 2.36. The smallest absolute Gasteiger partial charge is 0.256 e. The van der Waals surface area contributed by atoms with E-state index in [2.05, 4.69) is 4.98 Å². The minimum Gasteiger partial charge on any atom is -0.347 e. The van der Waals surface area contributed by atoms with Gasteiger partial charge in [-0.1, -0.05) is 35.9 Å². The van der Waals surface area contributed by atoms with Crippen LogP contribution in [-0.4, -0.2) is 39.7 Å². The van der Waals surface area contributed by atoms with Crippen LogP contribution < -0.4 is 5.73 Å². The standard InChI is InChI=1S/C30H30ClFN4O2.2ClH/c31-23-15-22(17-34-18-23)24-4-3-5-28-29(24)26(19-36(28)10-1-2-13-37)30(38)35-11-8-21(9-12-35)25-14-20(16-33)6-7-27(25)32;;/h3-7,13-15,17-19,21H,1-2,8-12,16,33H2;2*1H. The molecule has 1 aliphatic heterocycles. The third-order valence-corrected chi connectivity index (χ3v) is 7.60. The van der Waals surface area contributed by atoms with Gasteiger partial charge in [0, 0.05) is 67.7 Å². The van der Waals surface area contributed by atoms with E-state index in [-0.39, 0.29) is 42.5 Å². The van der Waals surface area contributed by atoms with E-state index < -0.39 is 0 Å². The van der Waals surface area contributed by atoms with Crippen LogP contribution in [0.15, 0.2) is 61.1 Å². The number of fused-ring (bicyclic) bond motifs is 1. The predicted molar refractivity (Wildman–Crippen MR) is 162 cm³/mol. The maximum absolute atomic E-state index is 14.6. The minimum atomic E-state index is -0.217. The lowest BCUT2D eigenvalue weighted by Gasteiger charge is -2.32.